The molecule has 0 atom stereocenters. The minimum Gasteiger partial charge on any atom is -0.488 e. The van der Waals surface area contributed by atoms with Gasteiger partial charge in [0.2, 0.25) is 0 Å². The van der Waals surface area contributed by atoms with E-state index in [0.717, 1.165) is 15.8 Å². The van der Waals surface area contributed by atoms with E-state index in [0.29, 0.717) is 16.3 Å². The van der Waals surface area contributed by atoms with Crippen molar-refractivity contribution in [2.24, 2.45) is 0 Å². The number of ether oxygens (including phenoxy) is 2. The molecule has 4 nitrogen and oxygen atoms in total. The fourth-order valence-corrected chi connectivity index (χ4v) is 2.80. The van der Waals surface area contributed by atoms with E-state index in [2.05, 4.69) is 26.0 Å². The lowest BCUT2D eigenvalue weighted by atomic mass is 10.1. The molecule has 0 aliphatic carbocycles. The van der Waals surface area contributed by atoms with Crippen molar-refractivity contribution in [1.29, 1.82) is 0 Å². The van der Waals surface area contributed by atoms with Crippen molar-refractivity contribution in [3.8, 4) is 5.75 Å². The zero-order valence-corrected chi connectivity index (χ0v) is 15.4. The number of nitrogens with one attached hydrogen (secondary N) is 1. The largest absolute Gasteiger partial charge is 0.488 e. The number of methoxy groups -OCH3 is 1. The fraction of sp³-hybridized carbons (Fsp3) is 0.235. The van der Waals surface area contributed by atoms with Gasteiger partial charge in [-0.25, -0.2) is 4.79 Å². The maximum Gasteiger partial charge on any atom is 0.411 e. The lowest BCUT2D eigenvalue weighted by Gasteiger charge is -2.15. The molecule has 122 valence electrons. The first-order valence-corrected chi connectivity index (χ1v) is 8.11. The molecule has 0 heterocycles. The Labute approximate surface area is 148 Å². The molecule has 1 N–H and O–H groups in total. The highest BCUT2D eigenvalue weighted by atomic mass is 79.9. The van der Waals surface area contributed by atoms with E-state index >= 15 is 0 Å². The lowest BCUT2D eigenvalue weighted by molar-refractivity contribution is 0.187. The van der Waals surface area contributed by atoms with Gasteiger partial charge >= 0.3 is 6.09 Å². The molecular formula is C17H17BrClNO3. The van der Waals surface area contributed by atoms with Gasteiger partial charge < -0.3 is 9.47 Å². The predicted molar refractivity (Wildman–Crippen MR) is 95.4 cm³/mol. The van der Waals surface area contributed by atoms with Gasteiger partial charge in [0, 0.05) is 10.6 Å². The molecule has 2 aromatic rings. The van der Waals surface area contributed by atoms with Crippen LogP contribution in [-0.4, -0.2) is 13.2 Å². The number of rotatable bonds is 4. The molecule has 23 heavy (non-hydrogen) atoms. The summed E-state index contributed by atoms with van der Waals surface area (Å²) in [6.45, 7) is 4.28. The third kappa shape index (κ3) is 4.39. The minimum absolute atomic E-state index is 0.222. The van der Waals surface area contributed by atoms with Crippen LogP contribution in [0.1, 0.15) is 16.7 Å². The summed E-state index contributed by atoms with van der Waals surface area (Å²) in [5.74, 6) is 0.719. The van der Waals surface area contributed by atoms with Crippen molar-refractivity contribution in [3.05, 3.63) is 56.5 Å². The van der Waals surface area contributed by atoms with E-state index in [-0.39, 0.29) is 6.61 Å². The van der Waals surface area contributed by atoms with Gasteiger partial charge in [0.1, 0.15) is 12.4 Å². The molecule has 0 aliphatic rings. The second kappa shape index (κ2) is 7.70. The van der Waals surface area contributed by atoms with Gasteiger partial charge in [-0.3, -0.25) is 5.32 Å². The SMILES string of the molecule is COC(=O)Nc1cccc(Cl)c1COc1cc(C)c(C)cc1Br. The summed E-state index contributed by atoms with van der Waals surface area (Å²) < 4.78 is 11.4. The molecule has 0 aliphatic heterocycles. The van der Waals surface area contributed by atoms with Crippen molar-refractivity contribution in [2.45, 2.75) is 20.5 Å². The van der Waals surface area contributed by atoms with Crippen LogP contribution in [0.2, 0.25) is 5.02 Å². The van der Waals surface area contributed by atoms with Crippen molar-refractivity contribution in [3.63, 3.8) is 0 Å². The van der Waals surface area contributed by atoms with E-state index in [1.165, 1.54) is 12.7 Å². The van der Waals surface area contributed by atoms with Crippen molar-refractivity contribution in [1.82, 2.24) is 0 Å². The summed E-state index contributed by atoms with van der Waals surface area (Å²) in [6.07, 6.45) is -0.555. The zero-order chi connectivity index (χ0) is 17.0. The molecule has 0 radical (unpaired) electrons. The molecule has 1 amide bonds. The van der Waals surface area contributed by atoms with E-state index in [9.17, 15) is 4.79 Å². The third-order valence-electron chi connectivity index (χ3n) is 3.46. The second-order valence-electron chi connectivity index (χ2n) is 5.04. The quantitative estimate of drug-likeness (QED) is 0.742. The normalized spacial score (nSPS) is 10.3. The van der Waals surface area contributed by atoms with Crippen LogP contribution >= 0.6 is 27.5 Å². The Hall–Kier alpha value is -1.72. The van der Waals surface area contributed by atoms with Gasteiger partial charge in [0.05, 0.1) is 17.3 Å². The highest BCUT2D eigenvalue weighted by molar-refractivity contribution is 9.10. The number of hydrogen-bond donors (Lipinski definition) is 1. The summed E-state index contributed by atoms with van der Waals surface area (Å²) in [4.78, 5) is 11.4. The summed E-state index contributed by atoms with van der Waals surface area (Å²) in [5, 5.41) is 3.15. The van der Waals surface area contributed by atoms with E-state index in [1.54, 1.807) is 18.2 Å². The first-order chi connectivity index (χ1) is 10.9. The minimum atomic E-state index is -0.555. The van der Waals surface area contributed by atoms with Crippen LogP contribution in [0.25, 0.3) is 0 Å². The number of carbonyl (C=O) groups excluding carboxylic acids is 1. The topological polar surface area (TPSA) is 47.6 Å². The Morgan fingerprint density at radius 2 is 1.96 bits per heavy atom. The van der Waals surface area contributed by atoms with Gasteiger partial charge in [-0.15, -0.1) is 0 Å². The Morgan fingerprint density at radius 1 is 1.26 bits per heavy atom. The van der Waals surface area contributed by atoms with Gasteiger partial charge in [0.25, 0.3) is 0 Å². The first kappa shape index (κ1) is 17.6. The van der Waals surface area contributed by atoms with Gasteiger partial charge in [0.15, 0.2) is 0 Å². The number of anilines is 1. The summed E-state index contributed by atoms with van der Waals surface area (Å²) in [5.41, 5.74) is 3.55. The number of aryl methyl sites for hydroxylation is 2. The lowest BCUT2D eigenvalue weighted by Crippen LogP contribution is -2.13. The number of hydrogen-bond acceptors (Lipinski definition) is 3. The average molecular weight is 399 g/mol. The molecule has 0 saturated carbocycles. The van der Waals surface area contributed by atoms with Gasteiger partial charge in [-0.2, -0.15) is 0 Å². The summed E-state index contributed by atoms with van der Waals surface area (Å²) in [6, 6.07) is 9.21. The molecule has 2 rings (SSSR count). The van der Waals surface area contributed by atoms with Crippen LogP contribution in [0.5, 0.6) is 5.75 Å². The van der Waals surface area contributed by atoms with Crippen molar-refractivity contribution in [2.75, 3.05) is 12.4 Å². The van der Waals surface area contributed by atoms with Gasteiger partial charge in [-0.05, 0) is 65.2 Å². The standard InChI is InChI=1S/C17H17BrClNO3/c1-10-7-13(18)16(8-11(10)2)23-9-12-14(19)5-4-6-15(12)20-17(21)22-3/h4-8H,9H2,1-3H3,(H,20,21). The Balaban J connectivity index is 2.23. The monoisotopic (exact) mass is 397 g/mol. The number of benzene rings is 2. The first-order valence-electron chi connectivity index (χ1n) is 6.94. The van der Waals surface area contributed by atoms with Crippen LogP contribution in [-0.2, 0) is 11.3 Å². The van der Waals surface area contributed by atoms with Crippen molar-refractivity contribution < 1.29 is 14.3 Å². The highest BCUT2D eigenvalue weighted by Gasteiger charge is 2.12. The highest BCUT2D eigenvalue weighted by Crippen LogP contribution is 2.31. The van der Waals surface area contributed by atoms with Crippen molar-refractivity contribution >= 4 is 39.3 Å². The maximum atomic E-state index is 11.4. The number of halogens is 2. The maximum absolute atomic E-state index is 11.4. The van der Waals surface area contributed by atoms with E-state index in [4.69, 9.17) is 16.3 Å². The van der Waals surface area contributed by atoms with Crippen LogP contribution in [0.15, 0.2) is 34.8 Å². The predicted octanol–water partition coefficient (Wildman–Crippen LogP) is 5.48. The second-order valence-corrected chi connectivity index (χ2v) is 6.30. The average Bonchev–Trinajstić information content (AvgIpc) is 2.51. The molecule has 0 fully saturated rings. The number of carbonyl (C=O) groups is 1. The molecule has 0 saturated heterocycles. The Bertz CT molecular complexity index is 734. The fourth-order valence-electron chi connectivity index (χ4n) is 2.00. The van der Waals surface area contributed by atoms with Gasteiger partial charge in [-0.1, -0.05) is 17.7 Å². The van der Waals surface area contributed by atoms with Crippen LogP contribution in [0.3, 0.4) is 0 Å². The smallest absolute Gasteiger partial charge is 0.411 e. The Kier molecular flexibility index (Phi) is 5.91. The molecule has 0 bridgehead atoms. The molecular weight excluding hydrogens is 382 g/mol. The molecule has 6 heteroatoms. The number of amides is 1. The van der Waals surface area contributed by atoms with E-state index in [1.807, 2.05) is 26.0 Å². The van der Waals surface area contributed by atoms with E-state index < -0.39 is 6.09 Å². The summed E-state index contributed by atoms with van der Waals surface area (Å²) >= 11 is 9.73. The Morgan fingerprint density at radius 3 is 2.65 bits per heavy atom. The molecule has 0 unspecified atom stereocenters. The van der Waals surface area contributed by atoms with Crippen LogP contribution < -0.4 is 10.1 Å². The third-order valence-corrected chi connectivity index (χ3v) is 4.44. The molecule has 0 spiro atoms. The zero-order valence-electron chi connectivity index (χ0n) is 13.1. The van der Waals surface area contributed by atoms with Crippen LogP contribution in [0, 0.1) is 13.8 Å². The van der Waals surface area contributed by atoms with Crippen LogP contribution in [0.4, 0.5) is 10.5 Å². The molecule has 2 aromatic carbocycles. The summed E-state index contributed by atoms with van der Waals surface area (Å²) in [7, 11) is 1.31. The molecule has 0 aromatic heterocycles.